The van der Waals surface area contributed by atoms with Gasteiger partial charge in [-0.2, -0.15) is 0 Å². The van der Waals surface area contributed by atoms with E-state index >= 15 is 0 Å². The second kappa shape index (κ2) is 5.82. The van der Waals surface area contributed by atoms with E-state index in [1.807, 2.05) is 6.07 Å². The van der Waals surface area contributed by atoms with E-state index in [-0.39, 0.29) is 0 Å². The summed E-state index contributed by atoms with van der Waals surface area (Å²) in [5.41, 5.74) is 0. The van der Waals surface area contributed by atoms with Crippen LogP contribution in [0.2, 0.25) is 0 Å². The maximum Gasteiger partial charge on any atom is 0.134 e. The highest BCUT2D eigenvalue weighted by Gasteiger charge is 2.19. The van der Waals surface area contributed by atoms with Gasteiger partial charge in [0.05, 0.1) is 0 Å². The third kappa shape index (κ3) is 3.06. The molecule has 0 unspecified atom stereocenters. The Hall–Kier alpha value is -1.36. The molecule has 1 aliphatic heterocycles. The number of anilines is 2. The molecule has 1 aromatic heterocycles. The molecule has 2 N–H and O–H groups in total. The van der Waals surface area contributed by atoms with Gasteiger partial charge in [-0.25, -0.2) is 9.97 Å². The molecule has 0 radical (unpaired) electrons. The van der Waals surface area contributed by atoms with Gasteiger partial charge in [0.2, 0.25) is 0 Å². The summed E-state index contributed by atoms with van der Waals surface area (Å²) in [6.07, 6.45) is 3.68. The lowest BCUT2D eigenvalue weighted by Gasteiger charge is -2.31. The Balaban J connectivity index is 2.00. The number of piperidine rings is 1. The number of aliphatic hydroxyl groups is 1. The summed E-state index contributed by atoms with van der Waals surface area (Å²) < 4.78 is 0. The summed E-state index contributed by atoms with van der Waals surface area (Å²) in [5, 5.41) is 12.3. The Morgan fingerprint density at radius 2 is 2.18 bits per heavy atom. The molecule has 1 fully saturated rings. The first kappa shape index (κ1) is 12.1. The Bertz CT molecular complexity index is 350. The fourth-order valence-electron chi connectivity index (χ4n) is 2.14. The number of nitrogens with zero attached hydrogens (tertiary/aromatic N) is 3. The van der Waals surface area contributed by atoms with Crippen LogP contribution in [0.15, 0.2) is 12.4 Å². The van der Waals surface area contributed by atoms with Crippen LogP contribution in [0.5, 0.6) is 0 Å². The van der Waals surface area contributed by atoms with Crippen LogP contribution >= 0.6 is 0 Å². The SMILES string of the molecule is CCNc1cc(N2CCC(CO)CC2)ncn1. The second-order valence-electron chi connectivity index (χ2n) is 4.40. The van der Waals surface area contributed by atoms with Crippen molar-refractivity contribution in [2.75, 3.05) is 36.5 Å². The fraction of sp³-hybridized carbons (Fsp3) is 0.667. The first-order valence-corrected chi connectivity index (χ1v) is 6.25. The zero-order chi connectivity index (χ0) is 12.1. The number of nitrogens with one attached hydrogen (secondary N) is 1. The van der Waals surface area contributed by atoms with Crippen molar-refractivity contribution >= 4 is 11.6 Å². The van der Waals surface area contributed by atoms with Gasteiger partial charge in [0.25, 0.3) is 0 Å². The molecule has 1 aliphatic rings. The molecule has 5 nitrogen and oxygen atoms in total. The van der Waals surface area contributed by atoms with Gasteiger partial charge in [-0.05, 0) is 25.7 Å². The number of aromatic nitrogens is 2. The second-order valence-corrected chi connectivity index (χ2v) is 4.40. The van der Waals surface area contributed by atoms with Crippen LogP contribution in [-0.2, 0) is 0 Å². The van der Waals surface area contributed by atoms with E-state index < -0.39 is 0 Å². The molecule has 0 amide bonds. The Kier molecular flexibility index (Phi) is 4.14. The van der Waals surface area contributed by atoms with Gasteiger partial charge in [0, 0.05) is 32.3 Å². The third-order valence-corrected chi connectivity index (χ3v) is 3.21. The summed E-state index contributed by atoms with van der Waals surface area (Å²) in [4.78, 5) is 10.7. The van der Waals surface area contributed by atoms with E-state index in [1.165, 1.54) is 0 Å². The zero-order valence-electron chi connectivity index (χ0n) is 10.3. The number of hydrogen-bond acceptors (Lipinski definition) is 5. The average molecular weight is 236 g/mol. The van der Waals surface area contributed by atoms with E-state index in [4.69, 9.17) is 5.11 Å². The van der Waals surface area contributed by atoms with Gasteiger partial charge in [-0.1, -0.05) is 0 Å². The largest absolute Gasteiger partial charge is 0.396 e. The highest BCUT2D eigenvalue weighted by Crippen LogP contribution is 2.22. The minimum absolute atomic E-state index is 0.306. The molecular formula is C12H20N4O. The Morgan fingerprint density at radius 1 is 1.41 bits per heavy atom. The normalized spacial score (nSPS) is 17.2. The van der Waals surface area contributed by atoms with Gasteiger partial charge < -0.3 is 15.3 Å². The fourth-order valence-corrected chi connectivity index (χ4v) is 2.14. The van der Waals surface area contributed by atoms with Crippen LogP contribution in [0.25, 0.3) is 0 Å². The van der Waals surface area contributed by atoms with Gasteiger partial charge in [-0.15, -0.1) is 0 Å². The standard InChI is InChI=1S/C12H20N4O/c1-2-13-11-7-12(15-9-14-11)16-5-3-10(8-17)4-6-16/h7,9-10,17H,2-6,8H2,1H3,(H,13,14,15). The molecule has 94 valence electrons. The molecule has 1 saturated heterocycles. The highest BCUT2D eigenvalue weighted by atomic mass is 16.3. The van der Waals surface area contributed by atoms with Gasteiger partial charge >= 0.3 is 0 Å². The third-order valence-electron chi connectivity index (χ3n) is 3.21. The van der Waals surface area contributed by atoms with Crippen molar-refractivity contribution in [2.45, 2.75) is 19.8 Å². The number of aliphatic hydroxyl groups excluding tert-OH is 1. The van der Waals surface area contributed by atoms with Crippen LogP contribution in [0.1, 0.15) is 19.8 Å². The predicted octanol–water partition coefficient (Wildman–Crippen LogP) is 1.12. The summed E-state index contributed by atoms with van der Waals surface area (Å²) in [6, 6.07) is 1.99. The minimum Gasteiger partial charge on any atom is -0.396 e. The van der Waals surface area contributed by atoms with E-state index in [1.54, 1.807) is 6.33 Å². The minimum atomic E-state index is 0.306. The summed E-state index contributed by atoms with van der Waals surface area (Å²) in [6.45, 7) is 5.15. The maximum atomic E-state index is 9.11. The molecule has 0 spiro atoms. The lowest BCUT2D eigenvalue weighted by molar-refractivity contribution is 0.203. The topological polar surface area (TPSA) is 61.3 Å². The summed E-state index contributed by atoms with van der Waals surface area (Å²) in [7, 11) is 0. The van der Waals surface area contributed by atoms with Crippen molar-refractivity contribution in [1.82, 2.24) is 9.97 Å². The molecule has 0 bridgehead atoms. The first-order valence-electron chi connectivity index (χ1n) is 6.25. The lowest BCUT2D eigenvalue weighted by Crippen LogP contribution is -2.35. The number of hydrogen-bond donors (Lipinski definition) is 2. The van der Waals surface area contributed by atoms with Crippen molar-refractivity contribution < 1.29 is 5.11 Å². The molecule has 2 rings (SSSR count). The Labute approximate surface area is 102 Å². The molecule has 17 heavy (non-hydrogen) atoms. The van der Waals surface area contributed by atoms with E-state index in [0.717, 1.165) is 44.1 Å². The van der Waals surface area contributed by atoms with Gasteiger partial charge in [0.1, 0.15) is 18.0 Å². The van der Waals surface area contributed by atoms with Crippen LogP contribution in [0.3, 0.4) is 0 Å². The summed E-state index contributed by atoms with van der Waals surface area (Å²) >= 11 is 0. The maximum absolute atomic E-state index is 9.11. The molecule has 5 heteroatoms. The van der Waals surface area contributed by atoms with Crippen molar-refractivity contribution in [3.8, 4) is 0 Å². The number of rotatable bonds is 4. The lowest BCUT2D eigenvalue weighted by atomic mass is 9.98. The Morgan fingerprint density at radius 3 is 2.82 bits per heavy atom. The average Bonchev–Trinajstić information content (AvgIpc) is 2.40. The van der Waals surface area contributed by atoms with E-state index in [9.17, 15) is 0 Å². The molecule has 0 aliphatic carbocycles. The molecule has 1 aromatic rings. The zero-order valence-corrected chi connectivity index (χ0v) is 10.3. The smallest absolute Gasteiger partial charge is 0.134 e. The molecule has 0 atom stereocenters. The van der Waals surface area contributed by atoms with Crippen molar-refractivity contribution in [2.24, 2.45) is 5.92 Å². The van der Waals surface area contributed by atoms with Crippen LogP contribution in [0.4, 0.5) is 11.6 Å². The quantitative estimate of drug-likeness (QED) is 0.820. The van der Waals surface area contributed by atoms with Crippen molar-refractivity contribution in [1.29, 1.82) is 0 Å². The van der Waals surface area contributed by atoms with Crippen LogP contribution < -0.4 is 10.2 Å². The van der Waals surface area contributed by atoms with Crippen LogP contribution in [0, 0.1) is 5.92 Å². The first-order chi connectivity index (χ1) is 8.33. The van der Waals surface area contributed by atoms with E-state index in [2.05, 4.69) is 27.1 Å². The monoisotopic (exact) mass is 236 g/mol. The molecular weight excluding hydrogens is 216 g/mol. The molecule has 2 heterocycles. The molecule has 0 aromatic carbocycles. The molecule has 0 saturated carbocycles. The van der Waals surface area contributed by atoms with Crippen molar-refractivity contribution in [3.05, 3.63) is 12.4 Å². The van der Waals surface area contributed by atoms with Gasteiger partial charge in [0.15, 0.2) is 0 Å². The van der Waals surface area contributed by atoms with Crippen molar-refractivity contribution in [3.63, 3.8) is 0 Å². The highest BCUT2D eigenvalue weighted by molar-refractivity contribution is 5.48. The van der Waals surface area contributed by atoms with E-state index in [0.29, 0.717) is 12.5 Å². The van der Waals surface area contributed by atoms with Gasteiger partial charge in [-0.3, -0.25) is 0 Å². The predicted molar refractivity (Wildman–Crippen MR) is 68.2 cm³/mol. The van der Waals surface area contributed by atoms with Crippen LogP contribution in [-0.4, -0.2) is 41.3 Å². The summed E-state index contributed by atoms with van der Waals surface area (Å²) in [5.74, 6) is 2.32.